The lowest BCUT2D eigenvalue weighted by Crippen LogP contribution is -2.41. The number of hydrogen-bond donors (Lipinski definition) is 2. The minimum Gasteiger partial charge on any atom is -0.382 e. The molecule has 0 aliphatic rings. The van der Waals surface area contributed by atoms with Crippen LogP contribution in [0.4, 0.5) is 26.3 Å². The summed E-state index contributed by atoms with van der Waals surface area (Å²) in [4.78, 5) is 0. The van der Waals surface area contributed by atoms with E-state index in [-0.39, 0.29) is 0 Å². The fourth-order valence-electron chi connectivity index (χ4n) is 0.466. The topological polar surface area (TPSA) is 32.3 Å². The Hall–Kier alpha value is -0.500. The van der Waals surface area contributed by atoms with Crippen LogP contribution in [0.5, 0.6) is 0 Å². The first kappa shape index (κ1) is 12.5. The van der Waals surface area contributed by atoms with E-state index in [0.717, 1.165) is 0 Å². The third kappa shape index (κ3) is 6.64. The van der Waals surface area contributed by atoms with Crippen LogP contribution in [-0.4, -0.2) is 36.7 Å². The average molecular weight is 211 g/mol. The first-order chi connectivity index (χ1) is 5.63. The first-order valence-electron chi connectivity index (χ1n) is 3.15. The summed E-state index contributed by atoms with van der Waals surface area (Å²) in [6.07, 6.45) is -12.2. The molecule has 1 unspecified atom stereocenters. The molecule has 8 heteroatoms. The number of alkyl halides is 6. The number of aliphatic hydroxyl groups excluding tert-OH is 1. The van der Waals surface area contributed by atoms with Crippen molar-refractivity contribution in [2.75, 3.05) is 13.1 Å². The zero-order chi connectivity index (χ0) is 10.7. The summed E-state index contributed by atoms with van der Waals surface area (Å²) in [5.74, 6) is 0. The summed E-state index contributed by atoms with van der Waals surface area (Å²) in [6.45, 7) is -2.72. The van der Waals surface area contributed by atoms with Crippen molar-refractivity contribution < 1.29 is 31.4 Å². The predicted molar refractivity (Wildman–Crippen MR) is 31.0 cm³/mol. The van der Waals surface area contributed by atoms with Crippen molar-refractivity contribution in [3.05, 3.63) is 0 Å². The maximum absolute atomic E-state index is 11.5. The van der Waals surface area contributed by atoms with Gasteiger partial charge in [-0.25, -0.2) is 0 Å². The van der Waals surface area contributed by atoms with Crippen LogP contribution >= 0.6 is 0 Å². The Labute approximate surface area is 69.5 Å². The smallest absolute Gasteiger partial charge is 0.382 e. The van der Waals surface area contributed by atoms with Crippen LogP contribution in [0.1, 0.15) is 0 Å². The third-order valence-electron chi connectivity index (χ3n) is 1.04. The van der Waals surface area contributed by atoms with Crippen LogP contribution in [0.25, 0.3) is 0 Å². The van der Waals surface area contributed by atoms with Gasteiger partial charge < -0.3 is 10.4 Å². The van der Waals surface area contributed by atoms with Gasteiger partial charge in [-0.05, 0) is 0 Å². The maximum atomic E-state index is 11.5. The van der Waals surface area contributed by atoms with E-state index in [9.17, 15) is 26.3 Å². The lowest BCUT2D eigenvalue weighted by Gasteiger charge is -2.15. The standard InChI is InChI=1S/C5H7F6NO/c6-4(7,8)2-12-1-3(13)5(9,10)11/h3,12-13H,1-2H2. The SMILES string of the molecule is OC(CNCC(F)(F)F)C(F)(F)F. The van der Waals surface area contributed by atoms with Gasteiger partial charge in [-0.3, -0.25) is 0 Å². The molecule has 2 N–H and O–H groups in total. The Kier molecular flexibility index (Phi) is 3.98. The van der Waals surface area contributed by atoms with Crippen molar-refractivity contribution >= 4 is 0 Å². The molecule has 0 heterocycles. The molecule has 0 spiro atoms. The zero-order valence-corrected chi connectivity index (χ0v) is 6.21. The molecule has 0 aromatic heterocycles. The molecule has 0 amide bonds. The summed E-state index contributed by atoms with van der Waals surface area (Å²) in [7, 11) is 0. The molecule has 1 atom stereocenters. The Balaban J connectivity index is 3.67. The molecule has 0 bridgehead atoms. The normalized spacial score (nSPS) is 15.9. The molecule has 2 nitrogen and oxygen atoms in total. The second-order valence-electron chi connectivity index (χ2n) is 2.30. The van der Waals surface area contributed by atoms with Crippen molar-refractivity contribution in [1.29, 1.82) is 0 Å². The van der Waals surface area contributed by atoms with Gasteiger partial charge in [-0.15, -0.1) is 0 Å². The fraction of sp³-hybridized carbons (Fsp3) is 1.00. The van der Waals surface area contributed by atoms with Gasteiger partial charge in [0.15, 0.2) is 6.10 Å². The monoisotopic (exact) mass is 211 g/mol. The number of nitrogens with one attached hydrogen (secondary N) is 1. The van der Waals surface area contributed by atoms with Gasteiger partial charge in [0.1, 0.15) is 0 Å². The second-order valence-corrected chi connectivity index (χ2v) is 2.30. The number of aliphatic hydroxyl groups is 1. The molecule has 0 aromatic rings. The highest BCUT2D eigenvalue weighted by Gasteiger charge is 2.38. The predicted octanol–water partition coefficient (Wildman–Crippen LogP) is 1.06. The molecule has 80 valence electrons. The quantitative estimate of drug-likeness (QED) is 0.684. The summed E-state index contributed by atoms with van der Waals surface area (Å²) in [5.41, 5.74) is 0. The fourth-order valence-corrected chi connectivity index (χ4v) is 0.466. The highest BCUT2D eigenvalue weighted by atomic mass is 19.4. The maximum Gasteiger partial charge on any atom is 0.415 e. The molecule has 0 saturated heterocycles. The van der Waals surface area contributed by atoms with Crippen molar-refractivity contribution in [2.45, 2.75) is 18.5 Å². The highest BCUT2D eigenvalue weighted by molar-refractivity contribution is 4.68. The Bertz CT molecular complexity index is 152. The number of halogens is 6. The van der Waals surface area contributed by atoms with Crippen LogP contribution in [0.3, 0.4) is 0 Å². The summed E-state index contributed by atoms with van der Waals surface area (Å²) < 4.78 is 68.6. The summed E-state index contributed by atoms with van der Waals surface area (Å²) >= 11 is 0. The summed E-state index contributed by atoms with van der Waals surface area (Å²) in [5, 5.41) is 9.66. The van der Waals surface area contributed by atoms with Crippen molar-refractivity contribution in [3.63, 3.8) is 0 Å². The highest BCUT2D eigenvalue weighted by Crippen LogP contribution is 2.19. The lowest BCUT2D eigenvalue weighted by atomic mass is 10.3. The first-order valence-corrected chi connectivity index (χ1v) is 3.15. The molecule has 0 aliphatic carbocycles. The molecule has 0 aromatic carbocycles. The lowest BCUT2D eigenvalue weighted by molar-refractivity contribution is -0.203. The van der Waals surface area contributed by atoms with E-state index in [2.05, 4.69) is 0 Å². The Morgan fingerprint density at radius 1 is 1.08 bits per heavy atom. The van der Waals surface area contributed by atoms with Crippen LogP contribution in [0.2, 0.25) is 0 Å². The van der Waals surface area contributed by atoms with E-state index < -0.39 is 31.5 Å². The van der Waals surface area contributed by atoms with Gasteiger partial charge >= 0.3 is 12.4 Å². The van der Waals surface area contributed by atoms with Crippen molar-refractivity contribution in [3.8, 4) is 0 Å². The van der Waals surface area contributed by atoms with Gasteiger partial charge in [-0.1, -0.05) is 0 Å². The van der Waals surface area contributed by atoms with Crippen molar-refractivity contribution in [1.82, 2.24) is 5.32 Å². The van der Waals surface area contributed by atoms with Gasteiger partial charge in [0.25, 0.3) is 0 Å². The van der Waals surface area contributed by atoms with Crippen LogP contribution in [0.15, 0.2) is 0 Å². The minimum atomic E-state index is -4.89. The van der Waals surface area contributed by atoms with Crippen molar-refractivity contribution in [2.24, 2.45) is 0 Å². The van der Waals surface area contributed by atoms with Gasteiger partial charge in [-0.2, -0.15) is 26.3 Å². The van der Waals surface area contributed by atoms with E-state index in [1.807, 2.05) is 0 Å². The molecule has 0 radical (unpaired) electrons. The molecule has 0 aliphatic heterocycles. The van der Waals surface area contributed by atoms with E-state index >= 15 is 0 Å². The molecular formula is C5H7F6NO. The van der Waals surface area contributed by atoms with Gasteiger partial charge in [0.05, 0.1) is 6.54 Å². The number of rotatable bonds is 3. The molecule has 0 fully saturated rings. The number of hydrogen-bond acceptors (Lipinski definition) is 2. The van der Waals surface area contributed by atoms with E-state index in [4.69, 9.17) is 5.11 Å². The second kappa shape index (κ2) is 4.14. The van der Waals surface area contributed by atoms with Crippen LogP contribution in [-0.2, 0) is 0 Å². The van der Waals surface area contributed by atoms with Crippen LogP contribution in [0, 0.1) is 0 Å². The minimum absolute atomic E-state index is 1.16. The van der Waals surface area contributed by atoms with E-state index in [0.29, 0.717) is 0 Å². The molecule has 0 rings (SSSR count). The van der Waals surface area contributed by atoms with E-state index in [1.54, 1.807) is 0 Å². The largest absolute Gasteiger partial charge is 0.415 e. The Morgan fingerprint density at radius 3 is 1.85 bits per heavy atom. The molecular weight excluding hydrogens is 204 g/mol. The van der Waals surface area contributed by atoms with Gasteiger partial charge in [0.2, 0.25) is 0 Å². The Morgan fingerprint density at radius 2 is 1.54 bits per heavy atom. The van der Waals surface area contributed by atoms with Gasteiger partial charge in [0, 0.05) is 6.54 Å². The van der Waals surface area contributed by atoms with Crippen LogP contribution < -0.4 is 5.32 Å². The average Bonchev–Trinajstić information content (AvgIpc) is 1.82. The third-order valence-corrected chi connectivity index (χ3v) is 1.04. The van der Waals surface area contributed by atoms with E-state index in [1.165, 1.54) is 5.32 Å². The molecule has 13 heavy (non-hydrogen) atoms. The molecule has 0 saturated carbocycles. The summed E-state index contributed by atoms with van der Waals surface area (Å²) in [6, 6.07) is 0. The zero-order valence-electron chi connectivity index (χ0n) is 6.21.